The molecule has 0 aliphatic carbocycles. The number of nitrogens with zero attached hydrogens (tertiary/aromatic N) is 1. The average Bonchev–Trinajstić information content (AvgIpc) is 2.79. The van der Waals surface area contributed by atoms with Gasteiger partial charge in [-0.2, -0.15) is 0 Å². The van der Waals surface area contributed by atoms with Crippen molar-refractivity contribution in [1.29, 1.82) is 0 Å². The summed E-state index contributed by atoms with van der Waals surface area (Å²) in [6.45, 7) is 2.64. The second-order valence-corrected chi connectivity index (χ2v) is 5.27. The number of thiophene rings is 1. The van der Waals surface area contributed by atoms with Gasteiger partial charge in [-0.25, -0.2) is 0 Å². The van der Waals surface area contributed by atoms with Crippen LogP contribution in [-0.4, -0.2) is 25.0 Å². The van der Waals surface area contributed by atoms with E-state index in [1.165, 1.54) is 42.4 Å². The van der Waals surface area contributed by atoms with Crippen LogP contribution in [0, 0.1) is 0 Å². The molecule has 1 aromatic carbocycles. The van der Waals surface area contributed by atoms with Crippen LogP contribution in [-0.2, 0) is 0 Å². The highest BCUT2D eigenvalue weighted by Crippen LogP contribution is 2.18. The van der Waals surface area contributed by atoms with Gasteiger partial charge in [0, 0.05) is 4.70 Å². The van der Waals surface area contributed by atoms with E-state index < -0.39 is 0 Å². The van der Waals surface area contributed by atoms with Gasteiger partial charge in [-0.15, -0.1) is 11.3 Å². The Morgan fingerprint density at radius 2 is 1.75 bits per heavy atom. The summed E-state index contributed by atoms with van der Waals surface area (Å²) in [4.78, 5) is 2.39. The number of hydrogen-bond acceptors (Lipinski definition) is 2. The minimum absolute atomic E-state index is 1.32. The van der Waals surface area contributed by atoms with E-state index in [4.69, 9.17) is 0 Å². The summed E-state index contributed by atoms with van der Waals surface area (Å²) in [5.41, 5.74) is 0. The Bertz CT molecular complexity index is 385. The van der Waals surface area contributed by atoms with Crippen molar-refractivity contribution in [1.82, 2.24) is 4.90 Å². The molecule has 2 heterocycles. The zero-order valence-corrected chi connectivity index (χ0v) is 10.7. The van der Waals surface area contributed by atoms with E-state index in [1.807, 2.05) is 0 Å². The lowest BCUT2D eigenvalue weighted by atomic mass is 10.1. The number of hydrogen-bond donors (Lipinski definition) is 0. The molecule has 86 valence electrons. The fraction of sp³-hybridized carbons (Fsp3) is 0.429. The summed E-state index contributed by atoms with van der Waals surface area (Å²) in [6, 6.07) is 10.5. The van der Waals surface area contributed by atoms with E-state index >= 15 is 0 Å². The molecule has 0 atom stereocenters. The van der Waals surface area contributed by atoms with Crippen molar-refractivity contribution >= 4 is 21.4 Å². The maximum absolute atomic E-state index is 2.39. The molecule has 2 heteroatoms. The third-order valence-electron chi connectivity index (χ3n) is 2.94. The van der Waals surface area contributed by atoms with Crippen LogP contribution in [0.4, 0.5) is 0 Å². The fourth-order valence-electron chi connectivity index (χ4n) is 1.96. The van der Waals surface area contributed by atoms with Gasteiger partial charge >= 0.3 is 0 Å². The molecule has 16 heavy (non-hydrogen) atoms. The molecule has 0 amide bonds. The summed E-state index contributed by atoms with van der Waals surface area (Å²) in [7, 11) is 2.19. The lowest BCUT2D eigenvalue weighted by Gasteiger charge is -2.20. The maximum Gasteiger partial charge on any atom is 0.0342 e. The molecule has 1 aliphatic heterocycles. The van der Waals surface area contributed by atoms with E-state index in [0.717, 1.165) is 0 Å². The van der Waals surface area contributed by atoms with E-state index in [2.05, 4.69) is 47.7 Å². The topological polar surface area (TPSA) is 3.24 Å². The second-order valence-electron chi connectivity index (χ2n) is 4.32. The minimum Gasteiger partial charge on any atom is -0.306 e. The first-order valence-corrected chi connectivity index (χ1v) is 6.85. The molecule has 1 nitrogen and oxygen atoms in total. The molecule has 1 aromatic heterocycles. The monoisotopic (exact) mass is 233 g/mol. The van der Waals surface area contributed by atoms with Gasteiger partial charge in [-0.05, 0) is 55.9 Å². The first kappa shape index (κ1) is 11.6. The third-order valence-corrected chi connectivity index (χ3v) is 3.84. The molecule has 0 N–H and O–H groups in total. The van der Waals surface area contributed by atoms with Crippen LogP contribution in [0.3, 0.4) is 0 Å². The zero-order chi connectivity index (χ0) is 11.2. The van der Waals surface area contributed by atoms with E-state index in [1.54, 1.807) is 11.3 Å². The smallest absolute Gasteiger partial charge is 0.0342 e. The van der Waals surface area contributed by atoms with Gasteiger partial charge in [-0.1, -0.05) is 24.6 Å². The maximum atomic E-state index is 2.39. The Kier molecular flexibility index (Phi) is 4.37. The van der Waals surface area contributed by atoms with Crippen LogP contribution < -0.4 is 0 Å². The molecule has 1 aliphatic rings. The van der Waals surface area contributed by atoms with E-state index in [0.29, 0.717) is 0 Å². The summed E-state index contributed by atoms with van der Waals surface area (Å²) in [6.07, 6.45) is 4.28. The molecule has 0 spiro atoms. The van der Waals surface area contributed by atoms with Crippen molar-refractivity contribution < 1.29 is 0 Å². The summed E-state index contributed by atoms with van der Waals surface area (Å²) in [5.74, 6) is 0. The van der Waals surface area contributed by atoms with Crippen molar-refractivity contribution in [3.8, 4) is 0 Å². The standard InChI is InChI=1S/C8H6S.C6H13N/c1-2-4-8-7(3-1)5-6-9-8;1-7-5-3-2-4-6-7/h1-6H;2-6H2,1H3. The van der Waals surface area contributed by atoms with Crippen molar-refractivity contribution in [2.75, 3.05) is 20.1 Å². The van der Waals surface area contributed by atoms with Crippen molar-refractivity contribution in [3.05, 3.63) is 35.7 Å². The third kappa shape index (κ3) is 3.32. The van der Waals surface area contributed by atoms with Gasteiger partial charge in [0.1, 0.15) is 0 Å². The molecule has 3 rings (SSSR count). The van der Waals surface area contributed by atoms with Crippen molar-refractivity contribution in [3.63, 3.8) is 0 Å². The van der Waals surface area contributed by atoms with Crippen LogP contribution >= 0.6 is 11.3 Å². The molecule has 2 aromatic rings. The SMILES string of the molecule is CN1CCCCC1.c1ccc2sccc2c1. The predicted molar refractivity (Wildman–Crippen MR) is 73.2 cm³/mol. The first-order valence-electron chi connectivity index (χ1n) is 5.97. The lowest BCUT2D eigenvalue weighted by molar-refractivity contribution is 0.277. The van der Waals surface area contributed by atoms with E-state index in [9.17, 15) is 0 Å². The highest BCUT2D eigenvalue weighted by molar-refractivity contribution is 7.17. The van der Waals surface area contributed by atoms with Gasteiger partial charge in [0.25, 0.3) is 0 Å². The fourth-order valence-corrected chi connectivity index (χ4v) is 2.75. The molecule has 1 saturated heterocycles. The molecule has 1 fully saturated rings. The molecule has 0 radical (unpaired) electrons. The minimum atomic E-state index is 1.32. The first-order chi connectivity index (χ1) is 7.86. The van der Waals surface area contributed by atoms with Crippen LogP contribution in [0.25, 0.3) is 10.1 Å². The summed E-state index contributed by atoms with van der Waals surface area (Å²) >= 11 is 1.79. The number of benzene rings is 1. The predicted octanol–water partition coefficient (Wildman–Crippen LogP) is 4.00. The number of fused-ring (bicyclic) bond motifs is 1. The van der Waals surface area contributed by atoms with Gasteiger partial charge in [-0.3, -0.25) is 0 Å². The number of likely N-dealkylation sites (tertiary alicyclic amines) is 1. The van der Waals surface area contributed by atoms with Crippen LogP contribution in [0.15, 0.2) is 35.7 Å². The second kappa shape index (κ2) is 6.02. The number of rotatable bonds is 0. The Hall–Kier alpha value is -0.860. The van der Waals surface area contributed by atoms with Crippen LogP contribution in [0.2, 0.25) is 0 Å². The van der Waals surface area contributed by atoms with Crippen LogP contribution in [0.5, 0.6) is 0 Å². The van der Waals surface area contributed by atoms with Crippen LogP contribution in [0.1, 0.15) is 19.3 Å². The average molecular weight is 233 g/mol. The lowest BCUT2D eigenvalue weighted by Crippen LogP contribution is -2.24. The molecular weight excluding hydrogens is 214 g/mol. The molecule has 0 bridgehead atoms. The Morgan fingerprint density at radius 1 is 1.00 bits per heavy atom. The summed E-state index contributed by atoms with van der Waals surface area (Å²) < 4.78 is 1.37. The van der Waals surface area contributed by atoms with E-state index in [-0.39, 0.29) is 0 Å². The van der Waals surface area contributed by atoms with Gasteiger partial charge in [0.15, 0.2) is 0 Å². The molecule has 0 saturated carbocycles. The highest BCUT2D eigenvalue weighted by Gasteiger charge is 2.02. The Morgan fingerprint density at radius 3 is 2.38 bits per heavy atom. The van der Waals surface area contributed by atoms with Gasteiger partial charge in [0.2, 0.25) is 0 Å². The quantitative estimate of drug-likeness (QED) is 0.664. The molecular formula is C14H19NS. The largest absolute Gasteiger partial charge is 0.306 e. The van der Waals surface area contributed by atoms with Gasteiger partial charge in [0.05, 0.1) is 0 Å². The zero-order valence-electron chi connectivity index (χ0n) is 9.86. The highest BCUT2D eigenvalue weighted by atomic mass is 32.1. The summed E-state index contributed by atoms with van der Waals surface area (Å²) in [5, 5.41) is 3.47. The normalized spacial score (nSPS) is 16.8. The van der Waals surface area contributed by atoms with Crippen molar-refractivity contribution in [2.45, 2.75) is 19.3 Å². The Labute approximate surface area is 102 Å². The van der Waals surface area contributed by atoms with Crippen molar-refractivity contribution in [2.24, 2.45) is 0 Å². The number of piperidine rings is 1. The van der Waals surface area contributed by atoms with Gasteiger partial charge < -0.3 is 4.90 Å². The Balaban J connectivity index is 0.000000125. The molecule has 0 unspecified atom stereocenters.